The van der Waals surface area contributed by atoms with Crippen LogP contribution in [0.2, 0.25) is 0 Å². The first-order chi connectivity index (χ1) is 15.7. The summed E-state index contributed by atoms with van der Waals surface area (Å²) < 4.78 is 29.8. The first kappa shape index (κ1) is 23.2. The van der Waals surface area contributed by atoms with Crippen molar-refractivity contribution in [2.75, 3.05) is 6.54 Å². The summed E-state index contributed by atoms with van der Waals surface area (Å²) in [4.78, 5) is 0.407. The lowest BCUT2D eigenvalue weighted by atomic mass is 9.83. The lowest BCUT2D eigenvalue weighted by Crippen LogP contribution is -2.40. The molecule has 1 aliphatic heterocycles. The predicted octanol–water partition coefficient (Wildman–Crippen LogP) is 6.11. The van der Waals surface area contributed by atoms with Crippen molar-refractivity contribution in [1.82, 2.24) is 4.31 Å². The van der Waals surface area contributed by atoms with Gasteiger partial charge in [-0.3, -0.25) is 0 Å². The summed E-state index contributed by atoms with van der Waals surface area (Å²) in [6.07, 6.45) is 0.597. The van der Waals surface area contributed by atoms with Gasteiger partial charge in [0.2, 0.25) is 10.0 Å². The van der Waals surface area contributed by atoms with Crippen LogP contribution in [-0.2, 0) is 16.4 Å². The van der Waals surface area contributed by atoms with Crippen LogP contribution in [0, 0.1) is 26.7 Å². The second kappa shape index (κ2) is 9.12. The van der Waals surface area contributed by atoms with Crippen molar-refractivity contribution < 1.29 is 8.42 Å². The molecule has 3 aromatic carbocycles. The van der Waals surface area contributed by atoms with Crippen molar-refractivity contribution >= 4 is 15.6 Å². The standard InChI is InChI=1S/C29H31NO2S/c1-20-16-21(2)29(22(3)17-20)33(31,32)30-19-23(4)28(24(5)26-14-10-7-11-15-26)27(30)18-25-12-8-6-9-13-25/h6-17,27-28H,4-5,18-19H2,1-3H3/t27-,28+/m0/s1. The molecule has 3 aromatic rings. The first-order valence-electron chi connectivity index (χ1n) is 11.3. The summed E-state index contributed by atoms with van der Waals surface area (Å²) in [5.74, 6) is -0.159. The molecule has 0 unspecified atom stereocenters. The van der Waals surface area contributed by atoms with Crippen molar-refractivity contribution in [3.8, 4) is 0 Å². The minimum absolute atomic E-state index is 0.159. The van der Waals surface area contributed by atoms with Crippen molar-refractivity contribution in [3.05, 3.63) is 119 Å². The van der Waals surface area contributed by atoms with Gasteiger partial charge in [0.15, 0.2) is 0 Å². The van der Waals surface area contributed by atoms with E-state index in [9.17, 15) is 8.42 Å². The molecule has 1 heterocycles. The van der Waals surface area contributed by atoms with Gasteiger partial charge in [0.1, 0.15) is 0 Å². The lowest BCUT2D eigenvalue weighted by Gasteiger charge is -2.30. The summed E-state index contributed by atoms with van der Waals surface area (Å²) in [6, 6.07) is 23.7. The number of aryl methyl sites for hydroxylation is 3. The zero-order valence-electron chi connectivity index (χ0n) is 19.6. The Morgan fingerprint density at radius 1 is 0.939 bits per heavy atom. The molecule has 3 nitrogen and oxygen atoms in total. The van der Waals surface area contributed by atoms with Gasteiger partial charge in [-0.2, -0.15) is 4.31 Å². The first-order valence-corrected chi connectivity index (χ1v) is 12.7. The predicted molar refractivity (Wildman–Crippen MR) is 137 cm³/mol. The number of hydrogen-bond donors (Lipinski definition) is 0. The third kappa shape index (κ3) is 4.46. The summed E-state index contributed by atoms with van der Waals surface area (Å²) in [7, 11) is -3.74. The average Bonchev–Trinajstić information content (AvgIpc) is 3.10. The largest absolute Gasteiger partial charge is 0.244 e. The van der Waals surface area contributed by atoms with Crippen LogP contribution in [0.5, 0.6) is 0 Å². The maximum absolute atomic E-state index is 14.1. The molecule has 0 N–H and O–H groups in total. The molecule has 4 heteroatoms. The van der Waals surface area contributed by atoms with E-state index in [1.54, 1.807) is 4.31 Å². The molecule has 33 heavy (non-hydrogen) atoms. The quantitative estimate of drug-likeness (QED) is 0.419. The van der Waals surface area contributed by atoms with Crippen molar-refractivity contribution in [2.24, 2.45) is 5.92 Å². The van der Waals surface area contributed by atoms with Crippen molar-refractivity contribution in [3.63, 3.8) is 0 Å². The maximum atomic E-state index is 14.1. The molecule has 4 rings (SSSR count). The van der Waals surface area contributed by atoms with E-state index in [0.29, 0.717) is 17.9 Å². The molecule has 0 bridgehead atoms. The van der Waals surface area contributed by atoms with E-state index >= 15 is 0 Å². The normalized spacial score (nSPS) is 19.1. The van der Waals surface area contributed by atoms with E-state index < -0.39 is 10.0 Å². The molecule has 0 spiro atoms. The second-order valence-corrected chi connectivity index (χ2v) is 10.9. The van der Waals surface area contributed by atoms with E-state index in [0.717, 1.165) is 39.0 Å². The Hall–Kier alpha value is -2.95. The summed E-state index contributed by atoms with van der Waals surface area (Å²) in [6.45, 7) is 14.8. The zero-order valence-corrected chi connectivity index (χ0v) is 20.4. The average molecular weight is 458 g/mol. The molecule has 0 amide bonds. The Bertz CT molecular complexity index is 1270. The number of benzene rings is 3. The van der Waals surface area contributed by atoms with Gasteiger partial charge in [-0.25, -0.2) is 8.42 Å². The molecular weight excluding hydrogens is 426 g/mol. The van der Waals surface area contributed by atoms with E-state index in [2.05, 4.69) is 25.3 Å². The Labute approximate surface area is 198 Å². The highest BCUT2D eigenvalue weighted by atomic mass is 32.2. The van der Waals surface area contributed by atoms with Crippen LogP contribution in [0.3, 0.4) is 0 Å². The molecule has 0 saturated carbocycles. The number of hydrogen-bond acceptors (Lipinski definition) is 2. The molecular formula is C29H31NO2S. The number of nitrogens with zero attached hydrogens (tertiary/aromatic N) is 1. The fraction of sp³-hybridized carbons (Fsp3) is 0.241. The molecule has 1 fully saturated rings. The van der Waals surface area contributed by atoms with E-state index in [4.69, 9.17) is 0 Å². The van der Waals surface area contributed by atoms with Crippen LogP contribution in [0.15, 0.2) is 96.4 Å². The topological polar surface area (TPSA) is 37.4 Å². The Morgan fingerprint density at radius 2 is 1.48 bits per heavy atom. The Balaban J connectivity index is 1.81. The van der Waals surface area contributed by atoms with E-state index in [1.807, 2.05) is 81.4 Å². The molecule has 1 saturated heterocycles. The molecule has 2 atom stereocenters. The highest BCUT2D eigenvalue weighted by Gasteiger charge is 2.45. The van der Waals surface area contributed by atoms with Gasteiger partial charge in [0.05, 0.1) is 4.90 Å². The van der Waals surface area contributed by atoms with Crippen molar-refractivity contribution in [1.29, 1.82) is 0 Å². The van der Waals surface area contributed by atoms with Crippen LogP contribution >= 0.6 is 0 Å². The third-order valence-electron chi connectivity index (χ3n) is 6.53. The smallest absolute Gasteiger partial charge is 0.207 e. The van der Waals surface area contributed by atoms with Crippen LogP contribution in [-0.4, -0.2) is 25.3 Å². The molecule has 0 radical (unpaired) electrons. The van der Waals surface area contributed by atoms with E-state index in [-0.39, 0.29) is 12.0 Å². The molecule has 1 aliphatic rings. The van der Waals surface area contributed by atoms with Crippen LogP contribution in [0.4, 0.5) is 0 Å². The molecule has 0 aromatic heterocycles. The van der Waals surface area contributed by atoms with Crippen LogP contribution < -0.4 is 0 Å². The SMILES string of the molecule is C=C1CN(S(=O)(=O)c2c(C)cc(C)cc2C)[C@@H](Cc2ccccc2)[C@H]1C(=C)c1ccccc1. The highest BCUT2D eigenvalue weighted by Crippen LogP contribution is 2.42. The maximum Gasteiger partial charge on any atom is 0.244 e. The Kier molecular flexibility index (Phi) is 6.42. The number of rotatable bonds is 6. The van der Waals surface area contributed by atoms with Crippen LogP contribution in [0.1, 0.15) is 27.8 Å². The van der Waals surface area contributed by atoms with Gasteiger partial charge >= 0.3 is 0 Å². The fourth-order valence-electron chi connectivity index (χ4n) is 5.19. The van der Waals surface area contributed by atoms with E-state index in [1.165, 1.54) is 0 Å². The van der Waals surface area contributed by atoms with Gasteiger partial charge in [-0.05, 0) is 55.0 Å². The number of sulfonamides is 1. The highest BCUT2D eigenvalue weighted by molar-refractivity contribution is 7.89. The summed E-state index contributed by atoms with van der Waals surface area (Å²) in [5, 5.41) is 0. The minimum Gasteiger partial charge on any atom is -0.207 e. The monoisotopic (exact) mass is 457 g/mol. The minimum atomic E-state index is -3.74. The fourth-order valence-corrected chi connectivity index (χ4v) is 7.25. The molecule has 170 valence electrons. The lowest BCUT2D eigenvalue weighted by molar-refractivity contribution is 0.363. The zero-order chi connectivity index (χ0) is 23.8. The van der Waals surface area contributed by atoms with Crippen molar-refractivity contribution in [2.45, 2.75) is 38.1 Å². The van der Waals surface area contributed by atoms with Gasteiger partial charge < -0.3 is 0 Å². The van der Waals surface area contributed by atoms with Gasteiger partial charge in [0.25, 0.3) is 0 Å². The third-order valence-corrected chi connectivity index (χ3v) is 8.71. The Morgan fingerprint density at radius 3 is 2.06 bits per heavy atom. The summed E-state index contributed by atoms with van der Waals surface area (Å²) >= 11 is 0. The van der Waals surface area contributed by atoms with Gasteiger partial charge in [-0.1, -0.05) is 97.1 Å². The summed E-state index contributed by atoms with van der Waals surface area (Å²) in [5.41, 5.74) is 6.53. The second-order valence-electron chi connectivity index (χ2n) is 9.06. The van der Waals surface area contributed by atoms with Gasteiger partial charge in [0, 0.05) is 18.5 Å². The van der Waals surface area contributed by atoms with Gasteiger partial charge in [-0.15, -0.1) is 0 Å². The molecule has 0 aliphatic carbocycles. The van der Waals surface area contributed by atoms with Crippen LogP contribution in [0.25, 0.3) is 5.57 Å².